The summed E-state index contributed by atoms with van der Waals surface area (Å²) in [7, 11) is -4.82. The fraction of sp³-hybridized carbons (Fsp3) is 0.829. The number of ether oxygens (including phenoxy) is 3. The first-order valence-electron chi connectivity index (χ1n) is 22.0. The molecule has 17 heteroatoms. The Balaban J connectivity index is 1.43. The number of unbranched alkanes of at least 4 members (excludes halogenated alkanes) is 20. The first-order valence-corrected chi connectivity index (χ1v) is 23.9. The number of aliphatic hydroxyl groups excluding tert-OH is 1. The standard InChI is InChI=1S/C41H71ClN5O10P/c1-3-5-7-9-11-13-15-17-19-21-23-25-36(49)53-28-32(29-54-37(50)26-24-22-20-18-16-14-12-10-8-6-4-2)57-58(51,52)55-30-34-33(48)27-35(56-34)47-31-44-38-39(43)45-41(42)46-40(38)47/h31-35,48H,3-30H2,1-2H3,(H,51,52)(H2,43,45,46)/t33-,34+,35+/m0/s1. The van der Waals surface area contributed by atoms with Crippen molar-refractivity contribution in [2.24, 2.45) is 0 Å². The van der Waals surface area contributed by atoms with Crippen LogP contribution in [0.15, 0.2) is 6.33 Å². The summed E-state index contributed by atoms with van der Waals surface area (Å²) in [6.45, 7) is 3.10. The Morgan fingerprint density at radius 3 is 1.78 bits per heavy atom. The van der Waals surface area contributed by atoms with Crippen molar-refractivity contribution in [3.8, 4) is 0 Å². The fourth-order valence-electron chi connectivity index (χ4n) is 7.04. The lowest BCUT2D eigenvalue weighted by Crippen LogP contribution is -2.29. The Morgan fingerprint density at radius 1 is 0.828 bits per heavy atom. The number of nitrogen functional groups attached to an aromatic ring is 1. The molecule has 1 saturated heterocycles. The van der Waals surface area contributed by atoms with Gasteiger partial charge in [0.1, 0.15) is 37.2 Å². The summed E-state index contributed by atoms with van der Waals surface area (Å²) in [5.74, 6) is -0.863. The lowest BCUT2D eigenvalue weighted by molar-refractivity contribution is -0.152. The van der Waals surface area contributed by atoms with Crippen LogP contribution in [-0.2, 0) is 37.4 Å². The number of imidazole rings is 1. The number of phosphoric acid groups is 1. The number of carbonyl (C=O) groups is 2. The van der Waals surface area contributed by atoms with E-state index in [0.717, 1.165) is 38.5 Å². The van der Waals surface area contributed by atoms with E-state index in [2.05, 4.69) is 28.8 Å². The largest absolute Gasteiger partial charge is 0.472 e. The van der Waals surface area contributed by atoms with Gasteiger partial charge in [-0.05, 0) is 24.4 Å². The minimum Gasteiger partial charge on any atom is -0.463 e. The Labute approximate surface area is 350 Å². The van der Waals surface area contributed by atoms with Crippen LogP contribution in [0.2, 0.25) is 5.28 Å². The molecule has 0 radical (unpaired) electrons. The van der Waals surface area contributed by atoms with E-state index < -0.39 is 64.1 Å². The number of aromatic nitrogens is 4. The van der Waals surface area contributed by atoms with E-state index in [1.807, 2.05) is 0 Å². The maximum atomic E-state index is 13.1. The second-order valence-electron chi connectivity index (χ2n) is 15.6. The number of fused-ring (bicyclic) bond motifs is 1. The molecule has 3 rings (SSSR count). The smallest absolute Gasteiger partial charge is 0.463 e. The predicted molar refractivity (Wildman–Crippen MR) is 224 cm³/mol. The van der Waals surface area contributed by atoms with Crippen LogP contribution in [0.1, 0.15) is 181 Å². The van der Waals surface area contributed by atoms with Crippen LogP contribution in [0.4, 0.5) is 5.82 Å². The van der Waals surface area contributed by atoms with Gasteiger partial charge in [0, 0.05) is 19.3 Å². The maximum Gasteiger partial charge on any atom is 0.472 e. The number of nitrogens with zero attached hydrogens (tertiary/aromatic N) is 4. The van der Waals surface area contributed by atoms with Gasteiger partial charge in [0.05, 0.1) is 19.0 Å². The summed E-state index contributed by atoms with van der Waals surface area (Å²) in [6, 6.07) is 0. The molecule has 2 aromatic heterocycles. The van der Waals surface area contributed by atoms with Crippen LogP contribution in [-0.4, -0.2) is 79.6 Å². The molecule has 15 nitrogen and oxygen atoms in total. The van der Waals surface area contributed by atoms with Crippen molar-refractivity contribution in [3.05, 3.63) is 11.6 Å². The highest BCUT2D eigenvalue weighted by Crippen LogP contribution is 2.46. The van der Waals surface area contributed by atoms with Crippen LogP contribution < -0.4 is 5.73 Å². The van der Waals surface area contributed by atoms with E-state index in [1.165, 1.54) is 101 Å². The molecule has 0 bridgehead atoms. The van der Waals surface area contributed by atoms with Crippen molar-refractivity contribution < 1.29 is 47.4 Å². The number of rotatable bonds is 34. The molecule has 4 atom stereocenters. The molecule has 1 aliphatic rings. The van der Waals surface area contributed by atoms with Crippen LogP contribution in [0.3, 0.4) is 0 Å². The van der Waals surface area contributed by atoms with Crippen LogP contribution in [0.5, 0.6) is 0 Å². The number of phosphoric ester groups is 1. The van der Waals surface area contributed by atoms with Crippen molar-refractivity contribution in [1.82, 2.24) is 19.5 Å². The van der Waals surface area contributed by atoms with Gasteiger partial charge in [-0.25, -0.2) is 9.55 Å². The number of esters is 2. The van der Waals surface area contributed by atoms with Crippen LogP contribution >= 0.6 is 19.4 Å². The summed E-state index contributed by atoms with van der Waals surface area (Å²) >= 11 is 5.98. The van der Waals surface area contributed by atoms with E-state index >= 15 is 0 Å². The average Bonchev–Trinajstić information content (AvgIpc) is 3.79. The monoisotopic (exact) mass is 859 g/mol. The number of hydrogen-bond donors (Lipinski definition) is 3. The summed E-state index contributed by atoms with van der Waals surface area (Å²) < 4.78 is 42.0. The van der Waals surface area contributed by atoms with Crippen molar-refractivity contribution in [1.29, 1.82) is 0 Å². The number of halogens is 1. The van der Waals surface area contributed by atoms with Crippen LogP contribution in [0.25, 0.3) is 11.2 Å². The minimum atomic E-state index is -4.82. The first-order chi connectivity index (χ1) is 28.0. The maximum absolute atomic E-state index is 13.1. The summed E-state index contributed by atoms with van der Waals surface area (Å²) in [5.41, 5.74) is 6.51. The second-order valence-corrected chi connectivity index (χ2v) is 17.3. The number of hydrogen-bond acceptors (Lipinski definition) is 13. The number of anilines is 1. The molecule has 3 heterocycles. The molecule has 0 saturated carbocycles. The summed E-state index contributed by atoms with van der Waals surface area (Å²) in [6.07, 6.45) is 23.1. The van der Waals surface area contributed by atoms with E-state index in [1.54, 1.807) is 0 Å². The predicted octanol–water partition coefficient (Wildman–Crippen LogP) is 9.70. The van der Waals surface area contributed by atoms with Gasteiger partial charge in [0.15, 0.2) is 11.5 Å². The highest BCUT2D eigenvalue weighted by Gasteiger charge is 2.39. The number of carbonyl (C=O) groups excluding carboxylic acids is 2. The quantitative estimate of drug-likeness (QED) is 0.0259. The van der Waals surface area contributed by atoms with Crippen LogP contribution in [0, 0.1) is 0 Å². The van der Waals surface area contributed by atoms with E-state index in [4.69, 9.17) is 40.6 Å². The zero-order chi connectivity index (χ0) is 42.0. The normalized spacial score (nSPS) is 17.9. The van der Waals surface area contributed by atoms with E-state index in [9.17, 15) is 24.2 Å². The molecule has 58 heavy (non-hydrogen) atoms. The molecule has 0 spiro atoms. The third kappa shape index (κ3) is 20.2. The van der Waals surface area contributed by atoms with Gasteiger partial charge in [0.25, 0.3) is 0 Å². The first kappa shape index (κ1) is 50.0. The Morgan fingerprint density at radius 2 is 1.29 bits per heavy atom. The van der Waals surface area contributed by atoms with E-state index in [0.29, 0.717) is 24.0 Å². The Hall–Kier alpha value is -2.39. The molecule has 0 aliphatic carbocycles. The van der Waals surface area contributed by atoms with Gasteiger partial charge in [-0.2, -0.15) is 9.97 Å². The van der Waals surface area contributed by atoms with Crippen molar-refractivity contribution in [2.75, 3.05) is 25.6 Å². The molecule has 1 unspecified atom stereocenters. The number of nitrogens with two attached hydrogens (primary N) is 1. The second kappa shape index (κ2) is 29.0. The van der Waals surface area contributed by atoms with Crippen molar-refractivity contribution >= 4 is 48.3 Å². The summed E-state index contributed by atoms with van der Waals surface area (Å²) in [4.78, 5) is 48.1. The third-order valence-electron chi connectivity index (χ3n) is 10.4. The average molecular weight is 860 g/mol. The lowest BCUT2D eigenvalue weighted by atomic mass is 10.1. The fourth-order valence-corrected chi connectivity index (χ4v) is 8.10. The molecule has 0 amide bonds. The highest BCUT2D eigenvalue weighted by molar-refractivity contribution is 7.47. The molecule has 2 aromatic rings. The zero-order valence-corrected chi connectivity index (χ0v) is 36.7. The van der Waals surface area contributed by atoms with Gasteiger partial charge in [-0.15, -0.1) is 0 Å². The highest BCUT2D eigenvalue weighted by atomic mass is 35.5. The zero-order valence-electron chi connectivity index (χ0n) is 35.0. The van der Waals surface area contributed by atoms with Gasteiger partial charge >= 0.3 is 19.8 Å². The van der Waals surface area contributed by atoms with Gasteiger partial charge < -0.3 is 29.9 Å². The van der Waals surface area contributed by atoms with E-state index in [-0.39, 0.29) is 30.4 Å². The topological polar surface area (TPSA) is 207 Å². The van der Waals surface area contributed by atoms with Gasteiger partial charge in [0.2, 0.25) is 5.28 Å². The Bertz CT molecular complexity index is 1460. The molecular formula is C41H71ClN5O10P. The van der Waals surface area contributed by atoms with Crippen molar-refractivity contribution in [3.63, 3.8) is 0 Å². The SMILES string of the molecule is CCCCCCCCCCCCCC(=O)OCC(COC(=O)CCCCCCCCCCCCC)OP(=O)(O)OC[C@H]1O[C@@H](n2cnc3c(N)nc(Cl)nc32)C[C@@H]1O. The molecule has 0 aromatic carbocycles. The lowest BCUT2D eigenvalue weighted by Gasteiger charge is -2.22. The molecule has 1 aliphatic heterocycles. The number of aliphatic hydroxyl groups is 1. The summed E-state index contributed by atoms with van der Waals surface area (Å²) in [5, 5.41) is 10.6. The Kier molecular flexibility index (Phi) is 25.0. The van der Waals surface area contributed by atoms with Gasteiger partial charge in [-0.3, -0.25) is 23.2 Å². The molecule has 332 valence electrons. The molecule has 4 N–H and O–H groups in total. The minimum absolute atomic E-state index is 0.0830. The molecule has 1 fully saturated rings. The third-order valence-corrected chi connectivity index (χ3v) is 11.7. The van der Waals surface area contributed by atoms with Crippen molar-refractivity contribution in [2.45, 2.75) is 199 Å². The van der Waals surface area contributed by atoms with Gasteiger partial charge in [-0.1, -0.05) is 142 Å². The molecular weight excluding hydrogens is 789 g/mol.